The number of carboxylic acids is 1. The topological polar surface area (TPSA) is 117 Å². The monoisotopic (exact) mass is 274 g/mol. The summed E-state index contributed by atoms with van der Waals surface area (Å²) >= 11 is 0. The van der Waals surface area contributed by atoms with E-state index in [0.717, 1.165) is 32.8 Å². The molecule has 0 saturated carbocycles. The lowest BCUT2D eigenvalue weighted by Crippen LogP contribution is -2.44. The molecule has 0 radical (unpaired) electrons. The number of ether oxygens (including phenoxy) is 1. The molecule has 1 atom stereocenters. The number of nitrogens with one attached hydrogen (secondary N) is 2. The van der Waals surface area contributed by atoms with E-state index in [9.17, 15) is 9.59 Å². The number of carbonyl (C=O) groups is 2. The SMILES string of the molecule is N[C@@H](CCNC(=O)NCCN1CCOCC1)C(=O)O. The highest BCUT2D eigenvalue weighted by Gasteiger charge is 2.12. The lowest BCUT2D eigenvalue weighted by Gasteiger charge is -2.26. The van der Waals surface area contributed by atoms with E-state index in [1.54, 1.807) is 0 Å². The Morgan fingerprint density at radius 2 is 1.89 bits per heavy atom. The van der Waals surface area contributed by atoms with Gasteiger partial charge in [-0.2, -0.15) is 0 Å². The fourth-order valence-electron chi connectivity index (χ4n) is 1.68. The Bertz CT molecular complexity index is 294. The van der Waals surface area contributed by atoms with Crippen LogP contribution in [-0.2, 0) is 9.53 Å². The van der Waals surface area contributed by atoms with Crippen molar-refractivity contribution < 1.29 is 19.4 Å². The molecule has 110 valence electrons. The highest BCUT2D eigenvalue weighted by atomic mass is 16.5. The second-order valence-corrected chi connectivity index (χ2v) is 4.37. The van der Waals surface area contributed by atoms with Gasteiger partial charge in [-0.05, 0) is 6.42 Å². The van der Waals surface area contributed by atoms with Crippen LogP contribution in [0.15, 0.2) is 0 Å². The Kier molecular flexibility index (Phi) is 7.16. The molecule has 1 aliphatic heterocycles. The number of aliphatic carboxylic acids is 1. The predicted octanol–water partition coefficient (Wildman–Crippen LogP) is -1.58. The van der Waals surface area contributed by atoms with Crippen LogP contribution in [0.4, 0.5) is 4.79 Å². The van der Waals surface area contributed by atoms with Gasteiger partial charge in [-0.3, -0.25) is 9.69 Å². The number of morpholine rings is 1. The van der Waals surface area contributed by atoms with Gasteiger partial charge in [0.25, 0.3) is 0 Å². The zero-order valence-electron chi connectivity index (χ0n) is 10.9. The Labute approximate surface area is 112 Å². The third-order valence-electron chi connectivity index (χ3n) is 2.88. The zero-order valence-corrected chi connectivity index (χ0v) is 10.9. The largest absolute Gasteiger partial charge is 0.480 e. The molecule has 0 aromatic rings. The van der Waals surface area contributed by atoms with Crippen molar-refractivity contribution in [3.8, 4) is 0 Å². The number of hydrogen-bond donors (Lipinski definition) is 4. The molecular weight excluding hydrogens is 252 g/mol. The van der Waals surface area contributed by atoms with Gasteiger partial charge in [-0.1, -0.05) is 0 Å². The summed E-state index contributed by atoms with van der Waals surface area (Å²) in [5, 5.41) is 13.8. The Balaban J connectivity index is 1.99. The van der Waals surface area contributed by atoms with Crippen LogP contribution in [0.5, 0.6) is 0 Å². The summed E-state index contributed by atoms with van der Waals surface area (Å²) in [5.41, 5.74) is 5.31. The Hall–Kier alpha value is -1.38. The van der Waals surface area contributed by atoms with E-state index in [-0.39, 0.29) is 19.0 Å². The average Bonchev–Trinajstić information content (AvgIpc) is 2.39. The molecule has 1 fully saturated rings. The molecule has 1 aliphatic rings. The molecule has 0 aromatic carbocycles. The molecule has 1 heterocycles. The van der Waals surface area contributed by atoms with E-state index in [0.29, 0.717) is 6.54 Å². The van der Waals surface area contributed by atoms with Gasteiger partial charge in [-0.25, -0.2) is 4.79 Å². The van der Waals surface area contributed by atoms with Gasteiger partial charge in [0.2, 0.25) is 0 Å². The molecule has 19 heavy (non-hydrogen) atoms. The maximum Gasteiger partial charge on any atom is 0.320 e. The summed E-state index contributed by atoms with van der Waals surface area (Å²) < 4.78 is 5.22. The van der Waals surface area contributed by atoms with Crippen molar-refractivity contribution in [2.75, 3.05) is 45.9 Å². The smallest absolute Gasteiger partial charge is 0.320 e. The summed E-state index contributed by atoms with van der Waals surface area (Å²) in [6.45, 7) is 4.82. The molecule has 1 saturated heterocycles. The number of nitrogens with two attached hydrogens (primary N) is 1. The summed E-state index contributed by atoms with van der Waals surface area (Å²) in [7, 11) is 0. The van der Waals surface area contributed by atoms with Gasteiger partial charge < -0.3 is 26.2 Å². The van der Waals surface area contributed by atoms with Crippen molar-refractivity contribution in [1.29, 1.82) is 0 Å². The third-order valence-corrected chi connectivity index (χ3v) is 2.88. The van der Waals surface area contributed by atoms with Gasteiger partial charge in [0.15, 0.2) is 0 Å². The fourth-order valence-corrected chi connectivity index (χ4v) is 1.68. The zero-order chi connectivity index (χ0) is 14.1. The van der Waals surface area contributed by atoms with Crippen LogP contribution in [0.2, 0.25) is 0 Å². The summed E-state index contributed by atoms with van der Waals surface area (Å²) in [6.07, 6.45) is 0.215. The number of urea groups is 1. The second-order valence-electron chi connectivity index (χ2n) is 4.37. The molecule has 0 aromatic heterocycles. The van der Waals surface area contributed by atoms with Gasteiger partial charge in [0.1, 0.15) is 6.04 Å². The van der Waals surface area contributed by atoms with Gasteiger partial charge in [-0.15, -0.1) is 0 Å². The molecular formula is C11H22N4O4. The molecule has 2 amide bonds. The lowest BCUT2D eigenvalue weighted by molar-refractivity contribution is -0.138. The number of carboxylic acid groups (broad SMARTS) is 1. The normalized spacial score (nSPS) is 17.7. The first-order chi connectivity index (χ1) is 9.09. The predicted molar refractivity (Wildman–Crippen MR) is 68.9 cm³/mol. The molecule has 0 spiro atoms. The second kappa shape index (κ2) is 8.68. The van der Waals surface area contributed by atoms with E-state index >= 15 is 0 Å². The highest BCUT2D eigenvalue weighted by Crippen LogP contribution is 1.94. The number of hydrogen-bond acceptors (Lipinski definition) is 5. The van der Waals surface area contributed by atoms with Crippen LogP contribution < -0.4 is 16.4 Å². The van der Waals surface area contributed by atoms with E-state index in [2.05, 4.69) is 15.5 Å². The minimum atomic E-state index is -1.06. The van der Waals surface area contributed by atoms with Crippen LogP contribution in [0, 0.1) is 0 Å². The molecule has 1 rings (SSSR count). The molecule has 0 bridgehead atoms. The van der Waals surface area contributed by atoms with Crippen molar-refractivity contribution in [2.24, 2.45) is 5.73 Å². The summed E-state index contributed by atoms with van der Waals surface area (Å²) in [6, 6.07) is -1.24. The third kappa shape index (κ3) is 6.94. The molecule has 8 heteroatoms. The van der Waals surface area contributed by atoms with Crippen LogP contribution >= 0.6 is 0 Å². The first kappa shape index (κ1) is 15.7. The lowest BCUT2D eigenvalue weighted by atomic mass is 10.2. The summed E-state index contributed by atoms with van der Waals surface area (Å²) in [5.74, 6) is -1.06. The summed E-state index contributed by atoms with van der Waals surface area (Å²) in [4.78, 5) is 24.0. The molecule has 8 nitrogen and oxygen atoms in total. The Morgan fingerprint density at radius 3 is 2.53 bits per heavy atom. The van der Waals surface area contributed by atoms with Crippen LogP contribution in [0.1, 0.15) is 6.42 Å². The first-order valence-electron chi connectivity index (χ1n) is 6.40. The molecule has 0 unspecified atom stereocenters. The minimum absolute atomic E-state index is 0.215. The number of amides is 2. The maximum atomic E-state index is 11.4. The van der Waals surface area contributed by atoms with Gasteiger partial charge in [0.05, 0.1) is 13.2 Å². The van der Waals surface area contributed by atoms with Gasteiger partial charge in [0, 0.05) is 32.7 Å². The molecule has 0 aliphatic carbocycles. The number of rotatable bonds is 7. The van der Waals surface area contributed by atoms with Crippen LogP contribution in [0.3, 0.4) is 0 Å². The van der Waals surface area contributed by atoms with Crippen molar-refractivity contribution in [3.05, 3.63) is 0 Å². The first-order valence-corrected chi connectivity index (χ1v) is 6.40. The average molecular weight is 274 g/mol. The quantitative estimate of drug-likeness (QED) is 0.445. The van der Waals surface area contributed by atoms with Crippen molar-refractivity contribution in [3.63, 3.8) is 0 Å². The number of carbonyl (C=O) groups excluding carboxylic acids is 1. The Morgan fingerprint density at radius 1 is 1.26 bits per heavy atom. The standard InChI is InChI=1S/C11H22N4O4/c12-9(10(16)17)1-2-13-11(18)14-3-4-15-5-7-19-8-6-15/h9H,1-8,12H2,(H,16,17)(H2,13,14,18)/t9-/m0/s1. The van der Waals surface area contributed by atoms with Crippen LogP contribution in [0.25, 0.3) is 0 Å². The van der Waals surface area contributed by atoms with E-state index < -0.39 is 12.0 Å². The van der Waals surface area contributed by atoms with E-state index in [1.807, 2.05) is 0 Å². The van der Waals surface area contributed by atoms with Crippen molar-refractivity contribution >= 4 is 12.0 Å². The van der Waals surface area contributed by atoms with Crippen molar-refractivity contribution in [1.82, 2.24) is 15.5 Å². The van der Waals surface area contributed by atoms with Gasteiger partial charge >= 0.3 is 12.0 Å². The fraction of sp³-hybridized carbons (Fsp3) is 0.818. The minimum Gasteiger partial charge on any atom is -0.480 e. The highest BCUT2D eigenvalue weighted by molar-refractivity contribution is 5.74. The van der Waals surface area contributed by atoms with E-state index in [1.165, 1.54) is 0 Å². The van der Waals surface area contributed by atoms with E-state index in [4.69, 9.17) is 15.6 Å². The van der Waals surface area contributed by atoms with Crippen LogP contribution in [-0.4, -0.2) is 74.0 Å². The number of nitrogens with zero attached hydrogens (tertiary/aromatic N) is 1. The van der Waals surface area contributed by atoms with Crippen molar-refractivity contribution in [2.45, 2.75) is 12.5 Å². The molecule has 5 N–H and O–H groups in total. The maximum absolute atomic E-state index is 11.4.